The molecule has 1 aliphatic heterocycles. The van der Waals surface area contributed by atoms with E-state index >= 15 is 0 Å². The van der Waals surface area contributed by atoms with Gasteiger partial charge < -0.3 is 14.4 Å². The lowest BCUT2D eigenvalue weighted by Crippen LogP contribution is -2.41. The van der Waals surface area contributed by atoms with Gasteiger partial charge in [0.15, 0.2) is 11.4 Å². The minimum Gasteiger partial charge on any atom is -0.458 e. The molecule has 1 amide bonds. The van der Waals surface area contributed by atoms with E-state index < -0.39 is 17.3 Å². The molecule has 3 aromatic rings. The maximum absolute atomic E-state index is 13.2. The molecule has 142 valence electrons. The van der Waals surface area contributed by atoms with Crippen LogP contribution in [0.5, 0.6) is 0 Å². The Kier molecular flexibility index (Phi) is 4.40. The molecule has 28 heavy (non-hydrogen) atoms. The van der Waals surface area contributed by atoms with Gasteiger partial charge in [0, 0.05) is 5.56 Å². The molecule has 0 spiro atoms. The molecule has 0 bridgehead atoms. The molecule has 0 fully saturated rings. The van der Waals surface area contributed by atoms with Crippen LogP contribution in [0.1, 0.15) is 39.4 Å². The molecule has 4 rings (SSSR count). The van der Waals surface area contributed by atoms with Gasteiger partial charge in [-0.2, -0.15) is 0 Å². The van der Waals surface area contributed by atoms with E-state index in [1.54, 1.807) is 42.2 Å². The summed E-state index contributed by atoms with van der Waals surface area (Å²) in [6.45, 7) is 4.07. The first-order valence-corrected chi connectivity index (χ1v) is 9.17. The smallest absolute Gasteiger partial charge is 0.264 e. The van der Waals surface area contributed by atoms with Crippen molar-refractivity contribution in [3.63, 3.8) is 0 Å². The molecular weight excluding hydrogens is 354 g/mol. The van der Waals surface area contributed by atoms with E-state index in [0.29, 0.717) is 23.6 Å². The van der Waals surface area contributed by atoms with Crippen molar-refractivity contribution in [2.45, 2.75) is 32.4 Å². The Hall–Kier alpha value is -3.18. The second-order valence-electron chi connectivity index (χ2n) is 7.26. The molecule has 1 aliphatic rings. The zero-order valence-electron chi connectivity index (χ0n) is 15.8. The van der Waals surface area contributed by atoms with Gasteiger partial charge in [0.1, 0.15) is 5.76 Å². The Bertz CT molecular complexity index is 1050. The Labute approximate surface area is 163 Å². The second kappa shape index (κ2) is 6.77. The average molecular weight is 375 g/mol. The second-order valence-corrected chi connectivity index (χ2v) is 7.26. The maximum Gasteiger partial charge on any atom is 0.264 e. The Morgan fingerprint density at radius 3 is 2.43 bits per heavy atom. The number of hydrogen-bond donors (Lipinski definition) is 1. The summed E-state index contributed by atoms with van der Waals surface area (Å²) in [7, 11) is 0. The number of para-hydroxylation sites is 1. The van der Waals surface area contributed by atoms with Gasteiger partial charge >= 0.3 is 0 Å². The molecule has 0 saturated carbocycles. The highest BCUT2D eigenvalue weighted by Gasteiger charge is 2.51. The number of aryl methyl sites for hydroxylation is 2. The number of ketones is 1. The predicted molar refractivity (Wildman–Crippen MR) is 105 cm³/mol. The summed E-state index contributed by atoms with van der Waals surface area (Å²) in [5.41, 5.74) is 1.25. The van der Waals surface area contributed by atoms with Crippen molar-refractivity contribution < 1.29 is 19.1 Å². The third kappa shape index (κ3) is 3.04. The van der Waals surface area contributed by atoms with E-state index in [4.69, 9.17) is 4.42 Å². The molecule has 2 heterocycles. The molecule has 5 heteroatoms. The molecular formula is C23H21NO4. The number of anilines is 1. The quantitative estimate of drug-likeness (QED) is 0.687. The van der Waals surface area contributed by atoms with Crippen LogP contribution in [0.2, 0.25) is 0 Å². The number of carbonyl (C=O) groups excluding carboxylic acids is 2. The van der Waals surface area contributed by atoms with Crippen molar-refractivity contribution in [1.29, 1.82) is 0 Å². The minimum absolute atomic E-state index is 0.146. The number of nitrogens with zero attached hydrogens (tertiary/aromatic N) is 1. The van der Waals surface area contributed by atoms with Gasteiger partial charge in [0.2, 0.25) is 5.78 Å². The summed E-state index contributed by atoms with van der Waals surface area (Å²) in [4.78, 5) is 27.4. The predicted octanol–water partition coefficient (Wildman–Crippen LogP) is 3.90. The molecule has 0 unspecified atom stereocenters. The van der Waals surface area contributed by atoms with Gasteiger partial charge in [-0.05, 0) is 37.6 Å². The first-order valence-electron chi connectivity index (χ1n) is 9.17. The van der Waals surface area contributed by atoms with Gasteiger partial charge in [0.05, 0.1) is 18.7 Å². The molecule has 1 aromatic heterocycles. The van der Waals surface area contributed by atoms with Crippen molar-refractivity contribution >= 4 is 17.4 Å². The number of rotatable bonds is 5. The first kappa shape index (κ1) is 18.2. The molecule has 2 aromatic carbocycles. The van der Waals surface area contributed by atoms with Crippen LogP contribution < -0.4 is 4.90 Å². The molecule has 0 radical (unpaired) electrons. The van der Waals surface area contributed by atoms with Gasteiger partial charge in [-0.15, -0.1) is 0 Å². The lowest BCUT2D eigenvalue weighted by molar-refractivity contribution is -0.136. The highest BCUT2D eigenvalue weighted by molar-refractivity contribution is 6.10. The van der Waals surface area contributed by atoms with Gasteiger partial charge in [0.25, 0.3) is 5.91 Å². The fraction of sp³-hybridized carbons (Fsp3) is 0.217. The number of aliphatic hydroxyl groups is 1. The molecule has 0 aliphatic carbocycles. The van der Waals surface area contributed by atoms with Crippen molar-refractivity contribution in [2.24, 2.45) is 0 Å². The number of carbonyl (C=O) groups is 2. The topological polar surface area (TPSA) is 70.8 Å². The van der Waals surface area contributed by atoms with Crippen LogP contribution in [-0.4, -0.2) is 16.8 Å². The SMILES string of the molecule is Cc1ccc(CN2C(=O)[C@@](O)(CC(=O)c3ccc(C)o3)c3ccccc32)cc1. The summed E-state index contributed by atoms with van der Waals surface area (Å²) in [5.74, 6) is -0.149. The van der Waals surface area contributed by atoms with E-state index in [2.05, 4.69) is 0 Å². The van der Waals surface area contributed by atoms with Crippen LogP contribution >= 0.6 is 0 Å². The van der Waals surface area contributed by atoms with Gasteiger partial charge in [-0.25, -0.2) is 0 Å². The fourth-order valence-electron chi connectivity index (χ4n) is 3.61. The van der Waals surface area contributed by atoms with Gasteiger partial charge in [-0.1, -0.05) is 48.0 Å². The maximum atomic E-state index is 13.2. The van der Waals surface area contributed by atoms with E-state index in [9.17, 15) is 14.7 Å². The van der Waals surface area contributed by atoms with Crippen LogP contribution in [0, 0.1) is 13.8 Å². The number of amides is 1. The zero-order valence-corrected chi connectivity index (χ0v) is 15.8. The lowest BCUT2D eigenvalue weighted by atomic mass is 9.89. The summed E-state index contributed by atoms with van der Waals surface area (Å²) < 4.78 is 5.37. The summed E-state index contributed by atoms with van der Waals surface area (Å²) in [6, 6.07) is 18.2. The first-order chi connectivity index (χ1) is 13.4. The summed E-state index contributed by atoms with van der Waals surface area (Å²) in [6.07, 6.45) is -0.361. The van der Waals surface area contributed by atoms with E-state index in [-0.39, 0.29) is 12.2 Å². The van der Waals surface area contributed by atoms with E-state index in [1.807, 2.05) is 37.3 Å². The lowest BCUT2D eigenvalue weighted by Gasteiger charge is -2.22. The molecule has 1 atom stereocenters. The monoisotopic (exact) mass is 375 g/mol. The molecule has 0 saturated heterocycles. The fourth-order valence-corrected chi connectivity index (χ4v) is 3.61. The van der Waals surface area contributed by atoms with E-state index in [1.165, 1.54) is 0 Å². The minimum atomic E-state index is -1.90. The van der Waals surface area contributed by atoms with Crippen LogP contribution in [0.4, 0.5) is 5.69 Å². The van der Waals surface area contributed by atoms with Crippen molar-refractivity contribution in [3.05, 3.63) is 88.9 Å². The zero-order chi connectivity index (χ0) is 19.9. The molecule has 1 N–H and O–H groups in total. The third-order valence-electron chi connectivity index (χ3n) is 5.13. The van der Waals surface area contributed by atoms with Crippen LogP contribution in [-0.2, 0) is 16.9 Å². The summed E-state index contributed by atoms with van der Waals surface area (Å²) >= 11 is 0. The van der Waals surface area contributed by atoms with E-state index in [0.717, 1.165) is 11.1 Å². The number of Topliss-reactive ketones (excluding diaryl/α,β-unsaturated/α-hetero) is 1. The number of fused-ring (bicyclic) bond motifs is 1. The van der Waals surface area contributed by atoms with Gasteiger partial charge in [-0.3, -0.25) is 9.59 Å². The third-order valence-corrected chi connectivity index (χ3v) is 5.13. The Morgan fingerprint density at radius 2 is 1.75 bits per heavy atom. The number of furan rings is 1. The Balaban J connectivity index is 1.67. The van der Waals surface area contributed by atoms with Crippen molar-refractivity contribution in [2.75, 3.05) is 4.90 Å². The average Bonchev–Trinajstić information content (AvgIpc) is 3.20. The van der Waals surface area contributed by atoms with Crippen molar-refractivity contribution in [3.8, 4) is 0 Å². The Morgan fingerprint density at radius 1 is 1.04 bits per heavy atom. The molecule has 5 nitrogen and oxygen atoms in total. The van der Waals surface area contributed by atoms with Crippen LogP contribution in [0.15, 0.2) is 65.1 Å². The normalized spacial score (nSPS) is 18.4. The van der Waals surface area contributed by atoms with Crippen LogP contribution in [0.25, 0.3) is 0 Å². The standard InChI is InChI=1S/C23H21NO4/c1-15-7-10-17(11-8-15)14-24-19-6-4-3-5-18(19)23(27,22(24)26)13-20(25)21-12-9-16(2)28-21/h3-12,27H,13-14H2,1-2H3/t23-/m1/s1. The number of hydrogen-bond acceptors (Lipinski definition) is 4. The highest BCUT2D eigenvalue weighted by Crippen LogP contribution is 2.43. The van der Waals surface area contributed by atoms with Crippen LogP contribution in [0.3, 0.4) is 0 Å². The largest absolute Gasteiger partial charge is 0.458 e. The summed E-state index contributed by atoms with van der Waals surface area (Å²) in [5, 5.41) is 11.3. The number of benzene rings is 2. The highest BCUT2D eigenvalue weighted by atomic mass is 16.3. The van der Waals surface area contributed by atoms with Crippen molar-refractivity contribution in [1.82, 2.24) is 0 Å².